The molecule has 0 aliphatic rings. The largest absolute Gasteiger partial charge is 0.496 e. The Balaban J connectivity index is 2.34. The van der Waals surface area contributed by atoms with Gasteiger partial charge < -0.3 is 4.74 Å². The Kier molecular flexibility index (Phi) is 5.58. The summed E-state index contributed by atoms with van der Waals surface area (Å²) in [5.74, 6) is 6.01. The van der Waals surface area contributed by atoms with Gasteiger partial charge in [0.25, 0.3) is 0 Å². The number of methoxy groups -OCH3 is 1. The van der Waals surface area contributed by atoms with E-state index >= 15 is 0 Å². The normalized spacial score (nSPS) is 12.2. The molecule has 21 heavy (non-hydrogen) atoms. The van der Waals surface area contributed by atoms with E-state index in [2.05, 4.69) is 21.4 Å². The fraction of sp³-hybridized carbons (Fsp3) is 0.200. The molecule has 0 aliphatic heterocycles. The van der Waals surface area contributed by atoms with Crippen LogP contribution in [0.4, 0.5) is 4.39 Å². The van der Waals surface area contributed by atoms with Gasteiger partial charge in [0, 0.05) is 15.1 Å². The van der Waals surface area contributed by atoms with Crippen LogP contribution >= 0.6 is 27.5 Å². The minimum Gasteiger partial charge on any atom is -0.496 e. The smallest absolute Gasteiger partial charge is 0.125 e. The van der Waals surface area contributed by atoms with Gasteiger partial charge in [0.05, 0.1) is 13.2 Å². The van der Waals surface area contributed by atoms with E-state index in [1.54, 1.807) is 25.3 Å². The van der Waals surface area contributed by atoms with E-state index in [4.69, 9.17) is 22.2 Å². The van der Waals surface area contributed by atoms with Crippen LogP contribution in [0.1, 0.15) is 17.2 Å². The molecule has 0 aromatic heterocycles. The van der Waals surface area contributed by atoms with Crippen molar-refractivity contribution in [3.63, 3.8) is 0 Å². The summed E-state index contributed by atoms with van der Waals surface area (Å²) in [6.07, 6.45) is 0.507. The fourth-order valence-corrected chi connectivity index (χ4v) is 2.72. The van der Waals surface area contributed by atoms with E-state index in [0.29, 0.717) is 17.2 Å². The number of nitrogens with one attached hydrogen (secondary N) is 1. The Morgan fingerprint density at radius 3 is 2.76 bits per heavy atom. The van der Waals surface area contributed by atoms with Crippen molar-refractivity contribution in [1.82, 2.24) is 5.43 Å². The topological polar surface area (TPSA) is 47.3 Å². The first-order chi connectivity index (χ1) is 10.0. The Bertz CT molecular complexity index is 639. The molecular formula is C15H15BrClFN2O. The molecule has 1 atom stereocenters. The van der Waals surface area contributed by atoms with Gasteiger partial charge in [-0.2, -0.15) is 0 Å². The van der Waals surface area contributed by atoms with Crippen molar-refractivity contribution < 1.29 is 9.13 Å². The summed E-state index contributed by atoms with van der Waals surface area (Å²) in [6.45, 7) is 0. The SMILES string of the molecule is COc1cc(Cl)ccc1C(Cc1cc(F)ccc1Br)NN. The number of ether oxygens (including phenoxy) is 1. The molecule has 0 radical (unpaired) electrons. The number of rotatable bonds is 5. The Labute approximate surface area is 136 Å². The average molecular weight is 374 g/mol. The van der Waals surface area contributed by atoms with E-state index in [9.17, 15) is 4.39 Å². The van der Waals surface area contributed by atoms with Gasteiger partial charge in [-0.1, -0.05) is 33.6 Å². The molecule has 0 aliphatic carbocycles. The van der Waals surface area contributed by atoms with Gasteiger partial charge in [-0.15, -0.1) is 0 Å². The second kappa shape index (κ2) is 7.22. The van der Waals surface area contributed by atoms with Gasteiger partial charge in [0.2, 0.25) is 0 Å². The van der Waals surface area contributed by atoms with Crippen LogP contribution in [0.2, 0.25) is 5.02 Å². The Morgan fingerprint density at radius 1 is 1.33 bits per heavy atom. The molecule has 3 nitrogen and oxygen atoms in total. The van der Waals surface area contributed by atoms with Gasteiger partial charge in [0.15, 0.2) is 0 Å². The van der Waals surface area contributed by atoms with Crippen LogP contribution in [0, 0.1) is 5.82 Å². The van der Waals surface area contributed by atoms with Gasteiger partial charge in [-0.3, -0.25) is 11.3 Å². The van der Waals surface area contributed by atoms with Crippen LogP contribution in [0.5, 0.6) is 5.75 Å². The van der Waals surface area contributed by atoms with Crippen molar-refractivity contribution in [3.05, 3.63) is 62.8 Å². The maximum Gasteiger partial charge on any atom is 0.125 e. The van der Waals surface area contributed by atoms with Crippen molar-refractivity contribution in [2.45, 2.75) is 12.5 Å². The summed E-state index contributed by atoms with van der Waals surface area (Å²) in [4.78, 5) is 0. The highest BCUT2D eigenvalue weighted by Crippen LogP contribution is 2.31. The van der Waals surface area contributed by atoms with Crippen molar-refractivity contribution >= 4 is 27.5 Å². The minimum absolute atomic E-state index is 0.227. The summed E-state index contributed by atoms with van der Waals surface area (Å²) >= 11 is 9.38. The molecule has 2 aromatic carbocycles. The maximum atomic E-state index is 13.4. The molecule has 112 valence electrons. The number of halogens is 3. The standard InChI is InChI=1S/C15H15BrClFN2O/c1-21-15-8-10(17)2-4-12(15)14(20-19)7-9-6-11(18)3-5-13(9)16/h2-6,8,14,20H,7,19H2,1H3. The van der Waals surface area contributed by atoms with Crippen molar-refractivity contribution in [1.29, 1.82) is 0 Å². The number of hydrazine groups is 1. The predicted molar refractivity (Wildman–Crippen MR) is 85.9 cm³/mol. The highest BCUT2D eigenvalue weighted by molar-refractivity contribution is 9.10. The molecule has 3 N–H and O–H groups in total. The quantitative estimate of drug-likeness (QED) is 0.615. The van der Waals surface area contributed by atoms with Gasteiger partial charge >= 0.3 is 0 Å². The molecular weight excluding hydrogens is 359 g/mol. The molecule has 1 unspecified atom stereocenters. The third-order valence-corrected chi connectivity index (χ3v) is 4.21. The van der Waals surface area contributed by atoms with Crippen LogP contribution in [0.25, 0.3) is 0 Å². The third kappa shape index (κ3) is 3.95. The third-order valence-electron chi connectivity index (χ3n) is 3.20. The van der Waals surface area contributed by atoms with E-state index in [1.165, 1.54) is 12.1 Å². The lowest BCUT2D eigenvalue weighted by molar-refractivity contribution is 0.399. The summed E-state index contributed by atoms with van der Waals surface area (Å²) < 4.78 is 19.6. The summed E-state index contributed by atoms with van der Waals surface area (Å²) in [7, 11) is 1.57. The summed E-state index contributed by atoms with van der Waals surface area (Å²) in [5.41, 5.74) is 4.42. The minimum atomic E-state index is -0.285. The molecule has 2 aromatic rings. The zero-order chi connectivity index (χ0) is 15.4. The first-order valence-electron chi connectivity index (χ1n) is 6.28. The molecule has 0 amide bonds. The molecule has 0 heterocycles. The van der Waals surface area contributed by atoms with E-state index in [1.807, 2.05) is 6.07 Å². The summed E-state index contributed by atoms with van der Waals surface area (Å²) in [6, 6.07) is 9.68. The van der Waals surface area contributed by atoms with Crippen LogP contribution in [-0.2, 0) is 6.42 Å². The van der Waals surface area contributed by atoms with Crippen molar-refractivity contribution in [3.8, 4) is 5.75 Å². The molecule has 0 saturated carbocycles. The highest BCUT2D eigenvalue weighted by Gasteiger charge is 2.17. The average Bonchev–Trinajstić information content (AvgIpc) is 2.48. The lowest BCUT2D eigenvalue weighted by Crippen LogP contribution is -2.30. The molecule has 6 heteroatoms. The molecule has 0 bridgehead atoms. The second-order valence-corrected chi connectivity index (χ2v) is 5.84. The predicted octanol–water partition coefficient (Wildman–Crippen LogP) is 4.00. The van der Waals surface area contributed by atoms with Crippen molar-refractivity contribution in [2.75, 3.05) is 7.11 Å². The van der Waals surface area contributed by atoms with Gasteiger partial charge in [0.1, 0.15) is 11.6 Å². The lowest BCUT2D eigenvalue weighted by Gasteiger charge is -2.20. The van der Waals surface area contributed by atoms with E-state index in [0.717, 1.165) is 15.6 Å². The van der Waals surface area contributed by atoms with Crippen LogP contribution < -0.4 is 16.0 Å². The van der Waals surface area contributed by atoms with E-state index in [-0.39, 0.29) is 11.9 Å². The molecule has 0 spiro atoms. The number of nitrogens with two attached hydrogens (primary N) is 1. The zero-order valence-electron chi connectivity index (χ0n) is 11.4. The van der Waals surface area contributed by atoms with Gasteiger partial charge in [-0.05, 0) is 42.3 Å². The fourth-order valence-electron chi connectivity index (χ4n) is 2.15. The van der Waals surface area contributed by atoms with E-state index < -0.39 is 0 Å². The maximum absolute atomic E-state index is 13.4. The highest BCUT2D eigenvalue weighted by atomic mass is 79.9. The number of hydrogen-bond donors (Lipinski definition) is 2. The monoisotopic (exact) mass is 372 g/mol. The number of benzene rings is 2. The van der Waals surface area contributed by atoms with Crippen LogP contribution in [0.15, 0.2) is 40.9 Å². The molecule has 0 saturated heterocycles. The summed E-state index contributed by atoms with van der Waals surface area (Å²) in [5, 5.41) is 0.582. The van der Waals surface area contributed by atoms with Gasteiger partial charge in [-0.25, -0.2) is 4.39 Å². The second-order valence-electron chi connectivity index (χ2n) is 4.55. The van der Waals surface area contributed by atoms with Crippen molar-refractivity contribution in [2.24, 2.45) is 5.84 Å². The number of hydrogen-bond acceptors (Lipinski definition) is 3. The first kappa shape index (κ1) is 16.2. The molecule has 0 fully saturated rings. The van der Waals surface area contributed by atoms with Crippen LogP contribution in [0.3, 0.4) is 0 Å². The first-order valence-corrected chi connectivity index (χ1v) is 7.45. The Morgan fingerprint density at radius 2 is 2.10 bits per heavy atom. The Hall–Kier alpha value is -1.14. The van der Waals surface area contributed by atoms with Crippen LogP contribution in [-0.4, -0.2) is 7.11 Å². The zero-order valence-corrected chi connectivity index (χ0v) is 13.7. The lowest BCUT2D eigenvalue weighted by atomic mass is 9.98. The molecule has 2 rings (SSSR count).